The number of nitrogens with one attached hydrogen (secondary N) is 1. The Labute approximate surface area is 179 Å². The maximum atomic E-state index is 6.08. The number of likely N-dealkylation sites (tertiary alicyclic amines) is 1. The van der Waals surface area contributed by atoms with E-state index in [2.05, 4.69) is 23.2 Å². The van der Waals surface area contributed by atoms with E-state index in [0.29, 0.717) is 25.7 Å². The Balaban J connectivity index is 1.61. The van der Waals surface area contributed by atoms with Crippen LogP contribution >= 0.6 is 0 Å². The molecular weight excluding hydrogens is 378 g/mol. The first kappa shape index (κ1) is 22.1. The molecule has 30 heavy (non-hydrogen) atoms. The first-order valence-electron chi connectivity index (χ1n) is 10.7. The van der Waals surface area contributed by atoms with Crippen molar-refractivity contribution >= 4 is 5.96 Å². The molecule has 0 bridgehead atoms. The minimum atomic E-state index is 0.527. The van der Waals surface area contributed by atoms with E-state index in [0.717, 1.165) is 55.7 Å². The zero-order valence-corrected chi connectivity index (χ0v) is 18.0. The van der Waals surface area contributed by atoms with Crippen molar-refractivity contribution in [1.29, 1.82) is 0 Å². The normalized spacial score (nSPS) is 16.7. The second-order valence-electron chi connectivity index (χ2n) is 7.36. The van der Waals surface area contributed by atoms with Crippen molar-refractivity contribution in [3.63, 3.8) is 0 Å². The molecule has 6 heteroatoms. The summed E-state index contributed by atoms with van der Waals surface area (Å²) in [6, 6.07) is 17.9. The minimum Gasteiger partial charge on any atom is -0.457 e. The molecule has 3 rings (SSSR count). The summed E-state index contributed by atoms with van der Waals surface area (Å²) in [5.74, 6) is 3.15. The predicted molar refractivity (Wildman–Crippen MR) is 120 cm³/mol. The number of hydrogen-bond acceptors (Lipinski definition) is 4. The molecule has 0 amide bonds. The SMILES string of the molecule is CCNC(=NCc1ccccc1Oc1ccccc1)N1CCC(COCCOC)C1. The zero-order valence-electron chi connectivity index (χ0n) is 18.0. The van der Waals surface area contributed by atoms with E-state index in [1.54, 1.807) is 7.11 Å². The summed E-state index contributed by atoms with van der Waals surface area (Å²) in [6.07, 6.45) is 1.12. The third-order valence-electron chi connectivity index (χ3n) is 5.05. The van der Waals surface area contributed by atoms with E-state index in [9.17, 15) is 0 Å². The molecule has 0 aliphatic carbocycles. The Morgan fingerprint density at radius 1 is 1.10 bits per heavy atom. The summed E-state index contributed by atoms with van der Waals surface area (Å²) >= 11 is 0. The highest BCUT2D eigenvalue weighted by atomic mass is 16.5. The molecule has 0 radical (unpaired) electrons. The van der Waals surface area contributed by atoms with Gasteiger partial charge in [-0.25, -0.2) is 4.99 Å². The predicted octanol–water partition coefficient (Wildman–Crippen LogP) is 3.93. The minimum absolute atomic E-state index is 0.527. The lowest BCUT2D eigenvalue weighted by atomic mass is 10.1. The number of benzene rings is 2. The van der Waals surface area contributed by atoms with Gasteiger partial charge in [-0.15, -0.1) is 0 Å². The molecule has 1 N–H and O–H groups in total. The van der Waals surface area contributed by atoms with Crippen LogP contribution in [-0.4, -0.2) is 57.4 Å². The third-order valence-corrected chi connectivity index (χ3v) is 5.05. The van der Waals surface area contributed by atoms with Gasteiger partial charge >= 0.3 is 0 Å². The average Bonchev–Trinajstić information content (AvgIpc) is 3.25. The smallest absolute Gasteiger partial charge is 0.194 e. The Hall–Kier alpha value is -2.57. The molecule has 0 spiro atoms. The van der Waals surface area contributed by atoms with Gasteiger partial charge in [0.25, 0.3) is 0 Å². The van der Waals surface area contributed by atoms with Gasteiger partial charge in [0.15, 0.2) is 5.96 Å². The average molecular weight is 412 g/mol. The highest BCUT2D eigenvalue weighted by Crippen LogP contribution is 2.26. The number of rotatable bonds is 10. The summed E-state index contributed by atoms with van der Waals surface area (Å²) in [4.78, 5) is 7.23. The van der Waals surface area contributed by atoms with Gasteiger partial charge in [0, 0.05) is 38.2 Å². The fourth-order valence-corrected chi connectivity index (χ4v) is 3.49. The van der Waals surface area contributed by atoms with Gasteiger partial charge < -0.3 is 24.4 Å². The second-order valence-corrected chi connectivity index (χ2v) is 7.36. The number of methoxy groups -OCH3 is 1. The molecule has 1 unspecified atom stereocenters. The van der Waals surface area contributed by atoms with E-state index >= 15 is 0 Å². The fourth-order valence-electron chi connectivity index (χ4n) is 3.49. The van der Waals surface area contributed by atoms with Crippen molar-refractivity contribution < 1.29 is 14.2 Å². The van der Waals surface area contributed by atoms with Gasteiger partial charge in [0.2, 0.25) is 0 Å². The lowest BCUT2D eigenvalue weighted by Gasteiger charge is -2.22. The van der Waals surface area contributed by atoms with Crippen LogP contribution in [0.1, 0.15) is 18.9 Å². The molecule has 162 valence electrons. The van der Waals surface area contributed by atoms with E-state index < -0.39 is 0 Å². The van der Waals surface area contributed by atoms with Crippen LogP contribution in [-0.2, 0) is 16.0 Å². The van der Waals surface area contributed by atoms with Gasteiger partial charge in [-0.2, -0.15) is 0 Å². The number of para-hydroxylation sites is 2. The summed E-state index contributed by atoms with van der Waals surface area (Å²) in [5.41, 5.74) is 1.07. The summed E-state index contributed by atoms with van der Waals surface area (Å²) in [6.45, 7) is 7.53. The van der Waals surface area contributed by atoms with Crippen molar-refractivity contribution in [3.8, 4) is 11.5 Å². The largest absolute Gasteiger partial charge is 0.457 e. The van der Waals surface area contributed by atoms with Crippen LogP contribution in [0.4, 0.5) is 0 Å². The van der Waals surface area contributed by atoms with Gasteiger partial charge in [0.1, 0.15) is 11.5 Å². The Bertz CT molecular complexity index is 782. The molecular formula is C24H33N3O3. The van der Waals surface area contributed by atoms with Crippen LogP contribution < -0.4 is 10.1 Å². The van der Waals surface area contributed by atoms with Crippen molar-refractivity contribution in [3.05, 3.63) is 60.2 Å². The number of aliphatic imine (C=N–C) groups is 1. The first-order valence-corrected chi connectivity index (χ1v) is 10.7. The Morgan fingerprint density at radius 3 is 2.70 bits per heavy atom. The summed E-state index contributed by atoms with van der Waals surface area (Å²) < 4.78 is 16.8. The van der Waals surface area contributed by atoms with Crippen LogP contribution in [0.25, 0.3) is 0 Å². The zero-order chi connectivity index (χ0) is 21.0. The number of ether oxygens (including phenoxy) is 3. The highest BCUT2D eigenvalue weighted by molar-refractivity contribution is 5.80. The van der Waals surface area contributed by atoms with Crippen molar-refractivity contribution in [1.82, 2.24) is 10.2 Å². The fraction of sp³-hybridized carbons (Fsp3) is 0.458. The third kappa shape index (κ3) is 6.75. The molecule has 1 aliphatic rings. The highest BCUT2D eigenvalue weighted by Gasteiger charge is 2.25. The van der Waals surface area contributed by atoms with Crippen LogP contribution in [0.3, 0.4) is 0 Å². The number of nitrogens with zero attached hydrogens (tertiary/aromatic N) is 2. The van der Waals surface area contributed by atoms with Gasteiger partial charge in [0.05, 0.1) is 26.4 Å². The molecule has 6 nitrogen and oxygen atoms in total. The molecule has 1 atom stereocenters. The molecule has 0 saturated carbocycles. The van der Waals surface area contributed by atoms with Crippen molar-refractivity contribution in [2.75, 3.05) is 46.6 Å². The lowest BCUT2D eigenvalue weighted by molar-refractivity contribution is 0.0536. The Kier molecular flexibility index (Phi) is 9.00. The number of hydrogen-bond donors (Lipinski definition) is 1. The molecule has 1 aliphatic heterocycles. The van der Waals surface area contributed by atoms with E-state index in [4.69, 9.17) is 19.2 Å². The standard InChI is InChI=1S/C24H33N3O3/c1-3-25-24(27-14-13-20(18-27)19-29-16-15-28-2)26-17-21-9-7-8-12-23(21)30-22-10-5-4-6-11-22/h4-12,20H,3,13-19H2,1-2H3,(H,25,26). The van der Waals surface area contributed by atoms with Crippen molar-refractivity contribution in [2.24, 2.45) is 10.9 Å². The maximum absolute atomic E-state index is 6.08. The first-order chi connectivity index (χ1) is 14.8. The van der Waals surface area contributed by atoms with Crippen LogP contribution in [0.15, 0.2) is 59.6 Å². The number of guanidine groups is 1. The quantitative estimate of drug-likeness (QED) is 0.365. The van der Waals surface area contributed by atoms with Gasteiger partial charge in [-0.05, 0) is 31.5 Å². The van der Waals surface area contributed by atoms with E-state index in [-0.39, 0.29) is 0 Å². The summed E-state index contributed by atoms with van der Waals surface area (Å²) in [5, 5.41) is 3.44. The molecule has 2 aromatic rings. The molecule has 1 fully saturated rings. The van der Waals surface area contributed by atoms with Crippen molar-refractivity contribution in [2.45, 2.75) is 19.9 Å². The van der Waals surface area contributed by atoms with E-state index in [1.807, 2.05) is 48.5 Å². The Morgan fingerprint density at radius 2 is 1.90 bits per heavy atom. The second kappa shape index (κ2) is 12.2. The topological polar surface area (TPSA) is 55.3 Å². The molecule has 2 aromatic carbocycles. The van der Waals surface area contributed by atoms with Crippen LogP contribution in [0.2, 0.25) is 0 Å². The molecule has 1 heterocycles. The van der Waals surface area contributed by atoms with Gasteiger partial charge in [-0.3, -0.25) is 0 Å². The van der Waals surface area contributed by atoms with Crippen LogP contribution in [0.5, 0.6) is 11.5 Å². The molecule has 1 saturated heterocycles. The maximum Gasteiger partial charge on any atom is 0.194 e. The van der Waals surface area contributed by atoms with E-state index in [1.165, 1.54) is 0 Å². The summed E-state index contributed by atoms with van der Waals surface area (Å²) in [7, 11) is 1.70. The molecule has 0 aromatic heterocycles. The monoisotopic (exact) mass is 411 g/mol. The van der Waals surface area contributed by atoms with Crippen LogP contribution in [0, 0.1) is 5.92 Å². The van der Waals surface area contributed by atoms with Gasteiger partial charge in [-0.1, -0.05) is 36.4 Å². The lowest BCUT2D eigenvalue weighted by Crippen LogP contribution is -2.40.